The molecule has 1 aliphatic heterocycles. The molecule has 8 heteroatoms. The Kier molecular flexibility index (Phi) is 7.02. The van der Waals surface area contributed by atoms with Crippen LogP contribution in [0.2, 0.25) is 0 Å². The third-order valence-corrected chi connectivity index (χ3v) is 6.76. The van der Waals surface area contributed by atoms with Gasteiger partial charge >= 0.3 is 5.97 Å². The van der Waals surface area contributed by atoms with Gasteiger partial charge < -0.3 is 10.1 Å². The first-order valence-electron chi connectivity index (χ1n) is 9.63. The molecule has 0 aromatic heterocycles. The topological polar surface area (TPSA) is 92.8 Å². The van der Waals surface area contributed by atoms with Gasteiger partial charge in [-0.3, -0.25) is 4.79 Å². The predicted octanol–water partition coefficient (Wildman–Crippen LogP) is 2.59. The van der Waals surface area contributed by atoms with E-state index in [1.54, 1.807) is 54.6 Å². The lowest BCUT2D eigenvalue weighted by atomic mass is 10.1. The second kappa shape index (κ2) is 9.69. The normalized spacial score (nSPS) is 14.7. The highest BCUT2D eigenvalue weighted by atomic mass is 32.2. The van der Waals surface area contributed by atoms with Crippen molar-refractivity contribution in [3.8, 4) is 0 Å². The number of carbonyl (C=O) groups excluding carboxylic acids is 2. The largest absolute Gasteiger partial charge is 0.465 e. The summed E-state index contributed by atoms with van der Waals surface area (Å²) in [5.74, 6) is -0.691. The highest BCUT2D eigenvalue weighted by Gasteiger charge is 2.26. The molecule has 0 radical (unpaired) electrons. The summed E-state index contributed by atoms with van der Waals surface area (Å²) < 4.78 is 31.2. The van der Waals surface area contributed by atoms with Crippen LogP contribution in [-0.4, -0.2) is 44.8 Å². The molecule has 2 aromatic rings. The molecule has 1 N–H and O–H groups in total. The van der Waals surface area contributed by atoms with E-state index in [2.05, 4.69) is 10.1 Å². The lowest BCUT2D eigenvalue weighted by Gasteiger charge is -2.15. The molecule has 1 amide bonds. The Balaban J connectivity index is 1.53. The Morgan fingerprint density at radius 2 is 1.67 bits per heavy atom. The van der Waals surface area contributed by atoms with Gasteiger partial charge in [-0.2, -0.15) is 4.31 Å². The first-order chi connectivity index (χ1) is 14.4. The monoisotopic (exact) mass is 428 g/mol. The van der Waals surface area contributed by atoms with Gasteiger partial charge in [0.25, 0.3) is 0 Å². The van der Waals surface area contributed by atoms with E-state index < -0.39 is 16.0 Å². The number of hydrogen-bond acceptors (Lipinski definition) is 5. The van der Waals surface area contributed by atoms with Crippen molar-refractivity contribution in [3.05, 3.63) is 71.3 Å². The zero-order valence-corrected chi connectivity index (χ0v) is 17.5. The van der Waals surface area contributed by atoms with Crippen LogP contribution in [0.1, 0.15) is 34.3 Å². The minimum Gasteiger partial charge on any atom is -0.465 e. The summed E-state index contributed by atoms with van der Waals surface area (Å²) in [5.41, 5.74) is 2.02. The molecule has 0 unspecified atom stereocenters. The average Bonchev–Trinajstić information content (AvgIpc) is 3.32. The summed E-state index contributed by atoms with van der Waals surface area (Å²) in [4.78, 5) is 23.7. The first-order valence-corrected chi connectivity index (χ1v) is 11.1. The second-order valence-electron chi connectivity index (χ2n) is 6.92. The summed E-state index contributed by atoms with van der Waals surface area (Å²) in [6.07, 6.45) is 4.83. The van der Waals surface area contributed by atoms with E-state index in [-0.39, 0.29) is 17.3 Å². The van der Waals surface area contributed by atoms with Gasteiger partial charge in [0, 0.05) is 25.7 Å². The van der Waals surface area contributed by atoms with Crippen LogP contribution in [0.15, 0.2) is 59.5 Å². The van der Waals surface area contributed by atoms with Gasteiger partial charge in [-0.1, -0.05) is 24.3 Å². The van der Waals surface area contributed by atoms with Crippen molar-refractivity contribution in [3.63, 3.8) is 0 Å². The average molecular weight is 429 g/mol. The molecule has 0 atom stereocenters. The number of methoxy groups -OCH3 is 1. The number of rotatable bonds is 7. The molecule has 0 aliphatic carbocycles. The van der Waals surface area contributed by atoms with Crippen molar-refractivity contribution in [2.24, 2.45) is 0 Å². The Hall–Kier alpha value is -2.97. The lowest BCUT2D eigenvalue weighted by molar-refractivity contribution is -0.116. The van der Waals surface area contributed by atoms with Gasteiger partial charge in [0.2, 0.25) is 15.9 Å². The summed E-state index contributed by atoms with van der Waals surface area (Å²) in [5, 5.41) is 2.76. The number of hydrogen-bond donors (Lipinski definition) is 1. The van der Waals surface area contributed by atoms with Crippen molar-refractivity contribution in [2.75, 3.05) is 20.2 Å². The van der Waals surface area contributed by atoms with Gasteiger partial charge in [-0.15, -0.1) is 0 Å². The van der Waals surface area contributed by atoms with E-state index in [1.165, 1.54) is 17.5 Å². The van der Waals surface area contributed by atoms with Crippen LogP contribution >= 0.6 is 0 Å². The molecule has 0 spiro atoms. The minimum absolute atomic E-state index is 0.273. The molecule has 1 saturated heterocycles. The number of nitrogens with zero attached hydrogens (tertiary/aromatic N) is 1. The summed E-state index contributed by atoms with van der Waals surface area (Å²) in [7, 11) is -2.11. The maximum atomic E-state index is 12.5. The fourth-order valence-corrected chi connectivity index (χ4v) is 4.64. The second-order valence-corrected chi connectivity index (χ2v) is 8.86. The predicted molar refractivity (Wildman–Crippen MR) is 113 cm³/mol. The van der Waals surface area contributed by atoms with Crippen molar-refractivity contribution < 1.29 is 22.7 Å². The molecular formula is C22H24N2O5S. The van der Waals surface area contributed by atoms with Crippen LogP contribution in [0.25, 0.3) is 6.08 Å². The van der Waals surface area contributed by atoms with Crippen LogP contribution in [0.4, 0.5) is 0 Å². The summed E-state index contributed by atoms with van der Waals surface area (Å²) >= 11 is 0. The molecule has 1 fully saturated rings. The van der Waals surface area contributed by atoms with E-state index in [0.717, 1.165) is 24.0 Å². The summed E-state index contributed by atoms with van der Waals surface area (Å²) in [6, 6.07) is 13.3. The van der Waals surface area contributed by atoms with Gasteiger partial charge in [-0.05, 0) is 54.3 Å². The molecule has 1 aliphatic rings. The lowest BCUT2D eigenvalue weighted by Crippen LogP contribution is -2.27. The van der Waals surface area contributed by atoms with Crippen molar-refractivity contribution in [1.82, 2.24) is 9.62 Å². The number of carbonyl (C=O) groups is 2. The number of ether oxygens (including phenoxy) is 1. The van der Waals surface area contributed by atoms with Gasteiger partial charge in [-0.25, -0.2) is 13.2 Å². The fourth-order valence-electron chi connectivity index (χ4n) is 3.12. The molecular weight excluding hydrogens is 404 g/mol. The zero-order chi connectivity index (χ0) is 21.6. The van der Waals surface area contributed by atoms with Gasteiger partial charge in [0.1, 0.15) is 0 Å². The van der Waals surface area contributed by atoms with E-state index in [9.17, 15) is 18.0 Å². The first kappa shape index (κ1) is 21.7. The quantitative estimate of drug-likeness (QED) is 0.541. The van der Waals surface area contributed by atoms with Gasteiger partial charge in [0.15, 0.2) is 0 Å². The van der Waals surface area contributed by atoms with Crippen LogP contribution in [0.3, 0.4) is 0 Å². The van der Waals surface area contributed by atoms with Crippen molar-refractivity contribution in [1.29, 1.82) is 0 Å². The SMILES string of the molecule is COC(=O)c1ccc(/C=C/C(=O)NCc2ccc(S(=O)(=O)N3CCCC3)cc2)cc1. The van der Waals surface area contributed by atoms with Crippen LogP contribution < -0.4 is 5.32 Å². The maximum Gasteiger partial charge on any atom is 0.337 e. The van der Waals surface area contributed by atoms with E-state index >= 15 is 0 Å². The molecule has 0 saturated carbocycles. The molecule has 0 bridgehead atoms. The Bertz CT molecular complexity index is 1020. The van der Waals surface area contributed by atoms with Crippen molar-refractivity contribution in [2.45, 2.75) is 24.3 Å². The third-order valence-electron chi connectivity index (χ3n) is 4.85. The van der Waals surface area contributed by atoms with E-state index in [4.69, 9.17) is 0 Å². The smallest absolute Gasteiger partial charge is 0.337 e. The molecule has 2 aromatic carbocycles. The third kappa shape index (κ3) is 5.34. The van der Waals surface area contributed by atoms with Crippen LogP contribution in [-0.2, 0) is 26.1 Å². The van der Waals surface area contributed by atoms with E-state index in [1.807, 2.05) is 0 Å². The highest BCUT2D eigenvalue weighted by Crippen LogP contribution is 2.21. The molecule has 158 valence electrons. The number of esters is 1. The zero-order valence-electron chi connectivity index (χ0n) is 16.7. The van der Waals surface area contributed by atoms with Crippen LogP contribution in [0, 0.1) is 0 Å². The number of nitrogens with one attached hydrogen (secondary N) is 1. The highest BCUT2D eigenvalue weighted by molar-refractivity contribution is 7.89. The molecule has 1 heterocycles. The van der Waals surface area contributed by atoms with E-state index in [0.29, 0.717) is 18.7 Å². The standard InChI is InChI=1S/C22H24N2O5S/c1-29-22(26)19-9-4-17(5-10-19)8-13-21(25)23-16-18-6-11-20(12-7-18)30(27,28)24-14-2-3-15-24/h4-13H,2-3,14-16H2,1H3,(H,23,25)/b13-8+. The Morgan fingerprint density at radius 3 is 2.27 bits per heavy atom. The number of benzene rings is 2. The Morgan fingerprint density at radius 1 is 1.03 bits per heavy atom. The minimum atomic E-state index is -3.43. The molecule has 30 heavy (non-hydrogen) atoms. The molecule has 7 nitrogen and oxygen atoms in total. The van der Waals surface area contributed by atoms with Gasteiger partial charge in [0.05, 0.1) is 17.6 Å². The van der Waals surface area contributed by atoms with Crippen molar-refractivity contribution >= 4 is 28.0 Å². The summed E-state index contributed by atoms with van der Waals surface area (Å²) in [6.45, 7) is 1.42. The Labute approximate surface area is 176 Å². The fraction of sp³-hybridized carbons (Fsp3) is 0.273. The maximum absolute atomic E-state index is 12.5. The molecule has 3 rings (SSSR count). The number of amides is 1. The van der Waals surface area contributed by atoms with Crippen LogP contribution in [0.5, 0.6) is 0 Å². The number of sulfonamides is 1.